The molecule has 2 aliphatic heterocycles. The number of hydrogen-bond donors (Lipinski definition) is 0. The fourth-order valence-electron chi connectivity index (χ4n) is 6.31. The van der Waals surface area contributed by atoms with Crippen LogP contribution in [-0.4, -0.2) is 72.9 Å². The van der Waals surface area contributed by atoms with E-state index in [1.165, 1.54) is 9.80 Å². The average molecular weight is 475 g/mol. The Balaban J connectivity index is 0.889. The van der Waals surface area contributed by atoms with Crippen molar-refractivity contribution in [2.24, 2.45) is 10.8 Å². The smallest absolute Gasteiger partial charge is 0.261 e. The summed E-state index contributed by atoms with van der Waals surface area (Å²) in [5.74, 6) is -1.01. The van der Waals surface area contributed by atoms with Crippen molar-refractivity contribution in [3.05, 3.63) is 70.8 Å². The molecule has 5 aliphatic rings. The van der Waals surface area contributed by atoms with Crippen LogP contribution >= 0.6 is 0 Å². The SMILES string of the molecule is O=C1c2ccccc2C(=O)N1CCOCC12CC(COCCN3C(=O)c4ccccc4C3=O)(C1)C2. The number of nitrogens with zero attached hydrogens (tertiary/aromatic N) is 2. The number of rotatable bonds is 10. The molecule has 0 N–H and O–H groups in total. The minimum absolute atomic E-state index is 0.174. The standard InChI is InChI=1S/C27H26N2O6/c30-22-18-5-1-2-6-19(18)23(31)28(22)9-11-34-16-26-13-27(14-26,15-26)17-35-12-10-29-24(32)20-7-3-4-8-21(20)25(29)33/h1-8H,9-17H2. The Morgan fingerprint density at radius 3 is 1.20 bits per heavy atom. The third-order valence-corrected chi connectivity index (χ3v) is 7.74. The minimum atomic E-state index is -0.253. The molecule has 3 aliphatic carbocycles. The molecule has 180 valence electrons. The monoisotopic (exact) mass is 474 g/mol. The van der Waals surface area contributed by atoms with Gasteiger partial charge in [0.2, 0.25) is 0 Å². The summed E-state index contributed by atoms with van der Waals surface area (Å²) in [6.45, 7) is 2.41. The molecule has 7 rings (SSSR count). The van der Waals surface area contributed by atoms with Crippen molar-refractivity contribution in [2.75, 3.05) is 39.5 Å². The third kappa shape index (κ3) is 3.51. The Morgan fingerprint density at radius 1 is 0.571 bits per heavy atom. The van der Waals surface area contributed by atoms with Gasteiger partial charge in [-0.3, -0.25) is 29.0 Å². The van der Waals surface area contributed by atoms with E-state index in [9.17, 15) is 19.2 Å². The summed E-state index contributed by atoms with van der Waals surface area (Å²) in [5.41, 5.74) is 2.19. The maximum Gasteiger partial charge on any atom is 0.261 e. The molecule has 0 atom stereocenters. The van der Waals surface area contributed by atoms with Crippen LogP contribution in [0.4, 0.5) is 0 Å². The zero-order valence-corrected chi connectivity index (χ0v) is 19.3. The Labute approximate surface area is 202 Å². The van der Waals surface area contributed by atoms with Crippen LogP contribution < -0.4 is 0 Å². The molecule has 0 saturated heterocycles. The molecule has 2 aromatic rings. The van der Waals surface area contributed by atoms with Crippen LogP contribution in [0.15, 0.2) is 48.5 Å². The third-order valence-electron chi connectivity index (χ3n) is 7.74. The average Bonchev–Trinajstić information content (AvgIpc) is 3.21. The highest BCUT2D eigenvalue weighted by Gasteiger charge is 2.67. The van der Waals surface area contributed by atoms with Gasteiger partial charge in [-0.05, 0) is 54.4 Å². The fourth-order valence-corrected chi connectivity index (χ4v) is 6.31. The molecular formula is C27H26N2O6. The summed E-state index contributed by atoms with van der Waals surface area (Å²) in [6, 6.07) is 13.8. The lowest BCUT2D eigenvalue weighted by Gasteiger charge is -2.70. The Kier molecular flexibility index (Phi) is 5.12. The number of amides is 4. The van der Waals surface area contributed by atoms with E-state index in [1.54, 1.807) is 48.5 Å². The lowest BCUT2D eigenvalue weighted by Crippen LogP contribution is -2.65. The second-order valence-electron chi connectivity index (χ2n) is 10.3. The number of benzene rings is 2. The number of imide groups is 2. The number of fused-ring (bicyclic) bond motifs is 2. The van der Waals surface area contributed by atoms with E-state index in [2.05, 4.69) is 0 Å². The van der Waals surface area contributed by atoms with Gasteiger partial charge in [0.25, 0.3) is 23.6 Å². The summed E-state index contributed by atoms with van der Waals surface area (Å²) >= 11 is 0. The van der Waals surface area contributed by atoms with Gasteiger partial charge in [0.1, 0.15) is 0 Å². The summed E-state index contributed by atoms with van der Waals surface area (Å²) in [5, 5.41) is 0. The molecule has 3 saturated carbocycles. The van der Waals surface area contributed by atoms with Gasteiger partial charge in [-0.25, -0.2) is 0 Å². The van der Waals surface area contributed by atoms with Crippen molar-refractivity contribution in [1.82, 2.24) is 9.80 Å². The van der Waals surface area contributed by atoms with E-state index in [1.807, 2.05) is 0 Å². The highest BCUT2D eigenvalue weighted by atomic mass is 16.5. The summed E-state index contributed by atoms with van der Waals surface area (Å²) in [6.07, 6.45) is 3.08. The number of hydrogen-bond acceptors (Lipinski definition) is 6. The first-order chi connectivity index (χ1) is 16.9. The van der Waals surface area contributed by atoms with E-state index in [-0.39, 0.29) is 47.5 Å². The molecule has 0 radical (unpaired) electrons. The van der Waals surface area contributed by atoms with Crippen molar-refractivity contribution in [2.45, 2.75) is 19.3 Å². The molecule has 0 spiro atoms. The summed E-state index contributed by atoms with van der Waals surface area (Å²) in [7, 11) is 0. The van der Waals surface area contributed by atoms with E-state index in [4.69, 9.17) is 9.47 Å². The van der Waals surface area contributed by atoms with Crippen LogP contribution in [0.2, 0.25) is 0 Å². The highest BCUT2D eigenvalue weighted by molar-refractivity contribution is 6.22. The van der Waals surface area contributed by atoms with Crippen LogP contribution in [0.5, 0.6) is 0 Å². The molecule has 2 bridgehead atoms. The van der Waals surface area contributed by atoms with Gasteiger partial charge in [0.15, 0.2) is 0 Å². The maximum atomic E-state index is 12.4. The molecule has 35 heavy (non-hydrogen) atoms. The molecular weight excluding hydrogens is 448 g/mol. The fraction of sp³-hybridized carbons (Fsp3) is 0.407. The molecule has 2 aromatic carbocycles. The lowest BCUT2D eigenvalue weighted by atomic mass is 9.35. The first-order valence-electron chi connectivity index (χ1n) is 12.0. The van der Waals surface area contributed by atoms with Gasteiger partial charge < -0.3 is 9.47 Å². The molecule has 0 unspecified atom stereocenters. The van der Waals surface area contributed by atoms with Gasteiger partial charge in [-0.1, -0.05) is 24.3 Å². The van der Waals surface area contributed by atoms with Crippen molar-refractivity contribution in [3.63, 3.8) is 0 Å². The minimum Gasteiger partial charge on any atom is -0.379 e. The van der Waals surface area contributed by atoms with E-state index in [0.29, 0.717) is 48.7 Å². The van der Waals surface area contributed by atoms with Crippen molar-refractivity contribution in [3.8, 4) is 0 Å². The van der Waals surface area contributed by atoms with Crippen molar-refractivity contribution >= 4 is 23.6 Å². The lowest BCUT2D eigenvalue weighted by molar-refractivity contribution is -0.252. The van der Waals surface area contributed by atoms with E-state index < -0.39 is 0 Å². The Bertz CT molecular complexity index is 1070. The molecule has 4 amide bonds. The zero-order valence-electron chi connectivity index (χ0n) is 19.3. The topological polar surface area (TPSA) is 93.2 Å². The van der Waals surface area contributed by atoms with Gasteiger partial charge in [-0.15, -0.1) is 0 Å². The first-order valence-corrected chi connectivity index (χ1v) is 12.0. The van der Waals surface area contributed by atoms with Crippen LogP contribution in [-0.2, 0) is 9.47 Å². The van der Waals surface area contributed by atoms with Crippen LogP contribution in [0.3, 0.4) is 0 Å². The molecule has 2 heterocycles. The largest absolute Gasteiger partial charge is 0.379 e. The molecule has 3 fully saturated rings. The maximum absolute atomic E-state index is 12.4. The predicted octanol–water partition coefficient (Wildman–Crippen LogP) is 2.78. The van der Waals surface area contributed by atoms with Crippen LogP contribution in [0.1, 0.15) is 60.7 Å². The number of ether oxygens (including phenoxy) is 2. The normalized spacial score (nSPS) is 26.1. The van der Waals surface area contributed by atoms with Crippen molar-refractivity contribution < 1.29 is 28.7 Å². The quantitative estimate of drug-likeness (QED) is 0.388. The van der Waals surface area contributed by atoms with Crippen LogP contribution in [0.25, 0.3) is 0 Å². The van der Waals surface area contributed by atoms with E-state index in [0.717, 1.165) is 19.3 Å². The second kappa shape index (κ2) is 8.10. The Hall–Kier alpha value is -3.36. The second-order valence-corrected chi connectivity index (χ2v) is 10.3. The molecule has 8 heteroatoms. The zero-order chi connectivity index (χ0) is 24.2. The summed E-state index contributed by atoms with van der Waals surface area (Å²) < 4.78 is 11.7. The van der Waals surface area contributed by atoms with Crippen molar-refractivity contribution in [1.29, 1.82) is 0 Å². The van der Waals surface area contributed by atoms with Gasteiger partial charge in [0, 0.05) is 0 Å². The molecule has 8 nitrogen and oxygen atoms in total. The molecule has 0 aromatic heterocycles. The predicted molar refractivity (Wildman–Crippen MR) is 124 cm³/mol. The van der Waals surface area contributed by atoms with Gasteiger partial charge in [0.05, 0.1) is 61.8 Å². The van der Waals surface area contributed by atoms with E-state index >= 15 is 0 Å². The first kappa shape index (κ1) is 22.1. The number of carbonyl (C=O) groups is 4. The number of carbonyl (C=O) groups excluding carboxylic acids is 4. The summed E-state index contributed by atoms with van der Waals surface area (Å²) in [4.78, 5) is 52.2. The van der Waals surface area contributed by atoms with Gasteiger partial charge in [-0.2, -0.15) is 0 Å². The highest BCUT2D eigenvalue weighted by Crippen LogP contribution is 2.73. The van der Waals surface area contributed by atoms with Crippen LogP contribution in [0, 0.1) is 10.8 Å². The van der Waals surface area contributed by atoms with Gasteiger partial charge >= 0.3 is 0 Å². The Morgan fingerprint density at radius 2 is 0.886 bits per heavy atom.